The molecule has 0 bridgehead atoms. The van der Waals surface area contributed by atoms with Crippen molar-refractivity contribution in [1.29, 1.82) is 0 Å². The Balaban J connectivity index is 1.74. The molecule has 1 N–H and O–H groups in total. The van der Waals surface area contributed by atoms with E-state index in [1.165, 1.54) is 5.56 Å². The zero-order chi connectivity index (χ0) is 17.8. The lowest BCUT2D eigenvalue weighted by atomic mass is 10.1. The first-order valence-electron chi connectivity index (χ1n) is 8.49. The van der Waals surface area contributed by atoms with Crippen molar-refractivity contribution in [1.82, 2.24) is 4.98 Å². The molecule has 1 aromatic heterocycles. The van der Waals surface area contributed by atoms with Crippen LogP contribution in [0.5, 0.6) is 5.75 Å². The summed E-state index contributed by atoms with van der Waals surface area (Å²) in [6, 6.07) is 17.5. The molecule has 3 aromatic rings. The van der Waals surface area contributed by atoms with E-state index < -0.39 is 6.10 Å². The van der Waals surface area contributed by atoms with Gasteiger partial charge in [0.05, 0.1) is 11.2 Å². The highest BCUT2D eigenvalue weighted by Crippen LogP contribution is 2.22. The number of carbonyl (C=O) groups is 1. The summed E-state index contributed by atoms with van der Waals surface area (Å²) in [7, 11) is 0. The quantitative estimate of drug-likeness (QED) is 0.747. The molecule has 25 heavy (non-hydrogen) atoms. The van der Waals surface area contributed by atoms with Gasteiger partial charge in [0.1, 0.15) is 5.75 Å². The van der Waals surface area contributed by atoms with Gasteiger partial charge < -0.3 is 10.1 Å². The molecule has 0 radical (unpaired) electrons. The number of hydrogen-bond acceptors (Lipinski definition) is 3. The molecule has 0 fully saturated rings. The molecule has 4 nitrogen and oxygen atoms in total. The molecular weight excluding hydrogens is 312 g/mol. The molecule has 3 rings (SSSR count). The molecule has 1 heterocycles. The van der Waals surface area contributed by atoms with Crippen molar-refractivity contribution >= 4 is 22.5 Å². The Morgan fingerprint density at radius 2 is 1.88 bits per heavy atom. The minimum atomic E-state index is -0.604. The smallest absolute Gasteiger partial charge is 0.265 e. The highest BCUT2D eigenvalue weighted by atomic mass is 16.5. The van der Waals surface area contributed by atoms with Crippen LogP contribution in [0.4, 0.5) is 5.69 Å². The van der Waals surface area contributed by atoms with Crippen molar-refractivity contribution in [3.05, 3.63) is 65.9 Å². The molecule has 0 saturated heterocycles. The Labute approximate surface area is 147 Å². The summed E-state index contributed by atoms with van der Waals surface area (Å²) in [5, 5.41) is 3.92. The van der Waals surface area contributed by atoms with E-state index in [4.69, 9.17) is 4.74 Å². The normalized spacial score (nSPS) is 12.0. The van der Waals surface area contributed by atoms with Gasteiger partial charge in [0.15, 0.2) is 6.10 Å². The van der Waals surface area contributed by atoms with E-state index in [2.05, 4.69) is 17.2 Å². The zero-order valence-electron chi connectivity index (χ0n) is 14.7. The third kappa shape index (κ3) is 3.97. The molecule has 4 heteroatoms. The number of carbonyl (C=O) groups excluding carboxylic acids is 1. The van der Waals surface area contributed by atoms with Gasteiger partial charge in [-0.05, 0) is 50.1 Å². The van der Waals surface area contributed by atoms with E-state index in [0.717, 1.165) is 23.0 Å². The second-order valence-corrected chi connectivity index (χ2v) is 6.08. The van der Waals surface area contributed by atoms with Gasteiger partial charge in [0.25, 0.3) is 5.91 Å². The molecule has 0 aliphatic rings. The second kappa shape index (κ2) is 7.34. The molecule has 2 aromatic carbocycles. The molecule has 0 spiro atoms. The number of nitrogens with one attached hydrogen (secondary N) is 1. The van der Waals surface area contributed by atoms with E-state index in [-0.39, 0.29) is 5.91 Å². The first kappa shape index (κ1) is 17.0. The Morgan fingerprint density at radius 3 is 2.60 bits per heavy atom. The number of para-hydroxylation sites is 1. The maximum atomic E-state index is 12.5. The standard InChI is InChI=1S/C21H22N2O2/c1-4-16-9-12-18(13-10-16)25-15(3)21(24)23-19-7-5-6-17-11-8-14(2)22-20(17)19/h5-13,15H,4H2,1-3H3,(H,23,24)/t15-/m1/s1. The van der Waals surface area contributed by atoms with Crippen LogP contribution in [0.3, 0.4) is 0 Å². The average molecular weight is 334 g/mol. The fraction of sp³-hybridized carbons (Fsp3) is 0.238. The van der Waals surface area contributed by atoms with Crippen molar-refractivity contribution in [3.63, 3.8) is 0 Å². The van der Waals surface area contributed by atoms with Gasteiger partial charge >= 0.3 is 0 Å². The number of nitrogens with zero attached hydrogens (tertiary/aromatic N) is 1. The number of aromatic nitrogens is 1. The second-order valence-electron chi connectivity index (χ2n) is 6.08. The number of anilines is 1. The average Bonchev–Trinajstić information content (AvgIpc) is 2.62. The van der Waals surface area contributed by atoms with Crippen LogP contribution < -0.4 is 10.1 Å². The highest BCUT2D eigenvalue weighted by molar-refractivity contribution is 6.01. The van der Waals surface area contributed by atoms with Gasteiger partial charge in [-0.15, -0.1) is 0 Å². The zero-order valence-corrected chi connectivity index (χ0v) is 14.7. The maximum Gasteiger partial charge on any atom is 0.265 e. The van der Waals surface area contributed by atoms with Crippen LogP contribution in [-0.2, 0) is 11.2 Å². The molecule has 1 atom stereocenters. The molecule has 0 saturated carbocycles. The number of pyridine rings is 1. The summed E-state index contributed by atoms with van der Waals surface area (Å²) in [6.45, 7) is 5.78. The highest BCUT2D eigenvalue weighted by Gasteiger charge is 2.16. The Hall–Kier alpha value is -2.88. The predicted molar refractivity (Wildman–Crippen MR) is 101 cm³/mol. The van der Waals surface area contributed by atoms with Crippen molar-refractivity contribution in [2.24, 2.45) is 0 Å². The van der Waals surface area contributed by atoms with Crippen molar-refractivity contribution in [2.45, 2.75) is 33.3 Å². The van der Waals surface area contributed by atoms with E-state index in [9.17, 15) is 4.79 Å². The van der Waals surface area contributed by atoms with Gasteiger partial charge in [0.2, 0.25) is 0 Å². The van der Waals surface area contributed by atoms with Gasteiger partial charge in [-0.3, -0.25) is 9.78 Å². The molecule has 0 unspecified atom stereocenters. The van der Waals surface area contributed by atoms with Crippen molar-refractivity contribution in [3.8, 4) is 5.75 Å². The lowest BCUT2D eigenvalue weighted by molar-refractivity contribution is -0.122. The summed E-state index contributed by atoms with van der Waals surface area (Å²) < 4.78 is 5.75. The summed E-state index contributed by atoms with van der Waals surface area (Å²) in [5.41, 5.74) is 3.63. The summed E-state index contributed by atoms with van der Waals surface area (Å²) in [5.74, 6) is 0.488. The third-order valence-electron chi connectivity index (χ3n) is 4.13. The number of amides is 1. The number of hydrogen-bond donors (Lipinski definition) is 1. The summed E-state index contributed by atoms with van der Waals surface area (Å²) >= 11 is 0. The van der Waals surface area contributed by atoms with Crippen LogP contribution in [0.1, 0.15) is 25.1 Å². The van der Waals surface area contributed by atoms with E-state index >= 15 is 0 Å². The van der Waals surface area contributed by atoms with Crippen LogP contribution >= 0.6 is 0 Å². The van der Waals surface area contributed by atoms with Crippen LogP contribution in [0.2, 0.25) is 0 Å². The van der Waals surface area contributed by atoms with E-state index in [1.54, 1.807) is 6.92 Å². The first-order valence-corrected chi connectivity index (χ1v) is 8.49. The lowest BCUT2D eigenvalue weighted by Gasteiger charge is -2.16. The van der Waals surface area contributed by atoms with Gasteiger partial charge in [0, 0.05) is 11.1 Å². The van der Waals surface area contributed by atoms with Crippen LogP contribution in [0.25, 0.3) is 10.9 Å². The van der Waals surface area contributed by atoms with Gasteiger partial charge in [-0.1, -0.05) is 37.3 Å². The van der Waals surface area contributed by atoms with Crippen LogP contribution in [-0.4, -0.2) is 17.0 Å². The first-order chi connectivity index (χ1) is 12.1. The SMILES string of the molecule is CCc1ccc(O[C@H](C)C(=O)Nc2cccc3ccc(C)nc23)cc1. The van der Waals surface area contributed by atoms with Crippen LogP contribution in [0.15, 0.2) is 54.6 Å². The van der Waals surface area contributed by atoms with E-state index in [0.29, 0.717) is 11.4 Å². The summed E-state index contributed by atoms with van der Waals surface area (Å²) in [4.78, 5) is 17.0. The Bertz CT molecular complexity index is 888. The predicted octanol–water partition coefficient (Wildman–Crippen LogP) is 4.51. The van der Waals surface area contributed by atoms with Gasteiger partial charge in [-0.2, -0.15) is 0 Å². The molecule has 128 valence electrons. The fourth-order valence-corrected chi connectivity index (χ4v) is 2.64. The van der Waals surface area contributed by atoms with E-state index in [1.807, 2.05) is 61.5 Å². The monoisotopic (exact) mass is 334 g/mol. The molecule has 0 aliphatic carbocycles. The number of ether oxygens (including phenoxy) is 1. The van der Waals surface area contributed by atoms with Crippen molar-refractivity contribution < 1.29 is 9.53 Å². The number of fused-ring (bicyclic) bond motifs is 1. The lowest BCUT2D eigenvalue weighted by Crippen LogP contribution is -2.30. The maximum absolute atomic E-state index is 12.5. The molecular formula is C21H22N2O2. The third-order valence-corrected chi connectivity index (χ3v) is 4.13. The van der Waals surface area contributed by atoms with Crippen LogP contribution in [0, 0.1) is 6.92 Å². The largest absolute Gasteiger partial charge is 0.481 e. The number of rotatable bonds is 5. The number of benzene rings is 2. The van der Waals surface area contributed by atoms with Gasteiger partial charge in [-0.25, -0.2) is 0 Å². The minimum Gasteiger partial charge on any atom is -0.481 e. The molecule has 1 amide bonds. The topological polar surface area (TPSA) is 51.2 Å². The summed E-state index contributed by atoms with van der Waals surface area (Å²) in [6.07, 6.45) is 0.372. The Morgan fingerprint density at radius 1 is 1.12 bits per heavy atom. The molecule has 0 aliphatic heterocycles. The van der Waals surface area contributed by atoms with Crippen molar-refractivity contribution in [2.75, 3.05) is 5.32 Å². The fourth-order valence-electron chi connectivity index (χ4n) is 2.64. The number of aryl methyl sites for hydroxylation is 2. The minimum absolute atomic E-state index is 0.199. The Kier molecular flexibility index (Phi) is 4.98.